The summed E-state index contributed by atoms with van der Waals surface area (Å²) in [6.45, 7) is 5.56. The number of hydrogen-bond donors (Lipinski definition) is 1. The highest BCUT2D eigenvalue weighted by Gasteiger charge is 2.42. The van der Waals surface area contributed by atoms with E-state index in [1.807, 2.05) is 36.2 Å². The second-order valence-corrected chi connectivity index (χ2v) is 14.7. The topological polar surface area (TPSA) is 148 Å². The molecule has 1 amide bonds. The Morgan fingerprint density at radius 2 is 1.96 bits per heavy atom. The first-order valence-electron chi connectivity index (χ1n) is 17.5. The van der Waals surface area contributed by atoms with E-state index in [0.29, 0.717) is 56.1 Å². The second-order valence-electron chi connectivity index (χ2n) is 13.7. The third kappa shape index (κ3) is 6.00. The number of anilines is 2. The average Bonchev–Trinajstić information content (AvgIpc) is 3.62. The number of carbonyl (C=O) groups is 2. The Kier molecular flexibility index (Phi) is 8.97. The van der Waals surface area contributed by atoms with Gasteiger partial charge in [0.25, 0.3) is 5.91 Å². The largest absolute Gasteiger partial charge is 0.492 e. The van der Waals surface area contributed by atoms with Crippen LogP contribution in [0.4, 0.5) is 15.8 Å². The van der Waals surface area contributed by atoms with Gasteiger partial charge in [0.05, 0.1) is 35.9 Å². The molecule has 1 N–H and O–H groups in total. The number of amides is 1. The molecule has 272 valence electrons. The van der Waals surface area contributed by atoms with E-state index in [-0.39, 0.29) is 46.3 Å². The number of halogens is 2. The van der Waals surface area contributed by atoms with Crippen LogP contribution >= 0.6 is 15.9 Å². The van der Waals surface area contributed by atoms with Crippen molar-refractivity contribution in [3.8, 4) is 5.75 Å². The van der Waals surface area contributed by atoms with Crippen LogP contribution in [0.15, 0.2) is 51.1 Å². The van der Waals surface area contributed by atoms with Gasteiger partial charge in [0.2, 0.25) is 5.43 Å². The Balaban J connectivity index is 0.997. The number of benzene rings is 2. The highest BCUT2D eigenvalue weighted by molar-refractivity contribution is 9.10. The molecule has 2 aromatic carbocycles. The van der Waals surface area contributed by atoms with Crippen molar-refractivity contribution in [3.05, 3.63) is 74.0 Å². The molecule has 3 fully saturated rings. The number of aromatic nitrogens is 4. The maximum atomic E-state index is 16.1. The molecule has 4 aliphatic rings. The molecule has 0 radical (unpaired) electrons. The first-order valence-corrected chi connectivity index (χ1v) is 18.3. The summed E-state index contributed by atoms with van der Waals surface area (Å²) in [7, 11) is 1.47. The van der Waals surface area contributed by atoms with Crippen LogP contribution in [0.25, 0.3) is 10.9 Å². The van der Waals surface area contributed by atoms with Gasteiger partial charge in [-0.1, -0.05) is 26.3 Å². The summed E-state index contributed by atoms with van der Waals surface area (Å²) < 4.78 is 26.3. The molecular weight excluding hydrogens is 739 g/mol. The lowest BCUT2D eigenvalue weighted by Gasteiger charge is -2.36. The van der Waals surface area contributed by atoms with Gasteiger partial charge in [0.15, 0.2) is 17.3 Å². The zero-order valence-corrected chi connectivity index (χ0v) is 30.4. The number of aromatic carboxylic acids is 1. The van der Waals surface area contributed by atoms with Crippen molar-refractivity contribution in [1.82, 2.24) is 24.5 Å². The summed E-state index contributed by atoms with van der Waals surface area (Å²) in [5.41, 5.74) is 2.18. The van der Waals surface area contributed by atoms with Crippen molar-refractivity contribution >= 4 is 55.8 Å². The van der Waals surface area contributed by atoms with E-state index in [1.165, 1.54) is 19.4 Å². The Hall–Kier alpha value is -4.83. The minimum Gasteiger partial charge on any atom is -0.492 e. The van der Waals surface area contributed by atoms with Crippen LogP contribution in [0, 0.1) is 11.7 Å². The van der Waals surface area contributed by atoms with E-state index in [4.69, 9.17) is 9.57 Å². The van der Waals surface area contributed by atoms with E-state index in [2.05, 4.69) is 36.3 Å². The van der Waals surface area contributed by atoms with Crippen molar-refractivity contribution in [3.63, 3.8) is 0 Å². The van der Waals surface area contributed by atoms with Gasteiger partial charge >= 0.3 is 5.97 Å². The maximum Gasteiger partial charge on any atom is 0.341 e. The lowest BCUT2D eigenvalue weighted by Crippen LogP contribution is -2.44. The number of piperidine rings is 1. The third-order valence-corrected chi connectivity index (χ3v) is 11.0. The molecule has 14 nitrogen and oxygen atoms in total. The van der Waals surface area contributed by atoms with Gasteiger partial charge < -0.3 is 29.0 Å². The summed E-state index contributed by atoms with van der Waals surface area (Å²) in [5, 5.41) is 22.6. The van der Waals surface area contributed by atoms with Gasteiger partial charge in [-0.2, -0.15) is 0 Å². The number of oxime groups is 1. The molecule has 2 atom stereocenters. The molecule has 3 aliphatic heterocycles. The fraction of sp³-hybridized carbons (Fsp3) is 0.444. The lowest BCUT2D eigenvalue weighted by molar-refractivity contribution is -0.112. The molecule has 16 heteroatoms. The number of methoxy groups -OCH3 is 1. The summed E-state index contributed by atoms with van der Waals surface area (Å²) >= 11 is 3.48. The van der Waals surface area contributed by atoms with E-state index in [9.17, 15) is 19.5 Å². The Morgan fingerprint density at radius 1 is 1.13 bits per heavy atom. The number of pyridine rings is 1. The molecule has 2 aromatic heterocycles. The number of carbonyl (C=O) groups excluding carboxylic acids is 1. The number of hydrogen-bond acceptors (Lipinski definition) is 10. The van der Waals surface area contributed by atoms with Crippen molar-refractivity contribution < 1.29 is 28.7 Å². The van der Waals surface area contributed by atoms with Gasteiger partial charge in [-0.05, 0) is 69.3 Å². The van der Waals surface area contributed by atoms with Crippen LogP contribution in [0.5, 0.6) is 5.75 Å². The molecule has 0 unspecified atom stereocenters. The van der Waals surface area contributed by atoms with Crippen LogP contribution in [-0.2, 0) is 22.7 Å². The van der Waals surface area contributed by atoms with Gasteiger partial charge in [-0.15, -0.1) is 5.10 Å². The van der Waals surface area contributed by atoms with Gasteiger partial charge in [-0.25, -0.2) is 9.18 Å². The van der Waals surface area contributed by atoms with Crippen molar-refractivity contribution in [2.45, 2.75) is 57.8 Å². The molecule has 4 aromatic rings. The fourth-order valence-electron chi connectivity index (χ4n) is 8.03. The summed E-state index contributed by atoms with van der Waals surface area (Å²) in [6.07, 6.45) is 6.94. The van der Waals surface area contributed by atoms with Gasteiger partial charge in [-0.3, -0.25) is 19.2 Å². The van der Waals surface area contributed by atoms with Crippen LogP contribution in [0.3, 0.4) is 0 Å². The molecule has 8 rings (SSSR count). The third-order valence-electron chi connectivity index (χ3n) is 10.5. The number of carboxylic acid groups (broad SMARTS) is 1. The van der Waals surface area contributed by atoms with Crippen molar-refractivity contribution in [1.29, 1.82) is 0 Å². The zero-order chi connectivity index (χ0) is 36.3. The van der Waals surface area contributed by atoms with E-state index < -0.39 is 17.2 Å². The van der Waals surface area contributed by atoms with Crippen LogP contribution in [-0.4, -0.2) is 93.1 Å². The molecule has 2 saturated heterocycles. The minimum atomic E-state index is -1.34. The lowest BCUT2D eigenvalue weighted by atomic mass is 9.92. The van der Waals surface area contributed by atoms with Crippen LogP contribution < -0.4 is 20.0 Å². The summed E-state index contributed by atoms with van der Waals surface area (Å²) in [5.74, 6) is -1.64. The predicted octanol–water partition coefficient (Wildman–Crippen LogP) is 4.42. The number of carboxylic acids is 1. The number of nitrogens with zero attached hydrogens (tertiary/aromatic N) is 8. The van der Waals surface area contributed by atoms with E-state index >= 15 is 4.39 Å². The molecule has 1 saturated carbocycles. The Bertz CT molecular complexity index is 2180. The number of likely N-dealkylation sites (tertiary alicyclic amines) is 1. The summed E-state index contributed by atoms with van der Waals surface area (Å²) in [4.78, 5) is 49.7. The Labute approximate surface area is 306 Å². The van der Waals surface area contributed by atoms with E-state index in [1.54, 1.807) is 14.1 Å². The second kappa shape index (κ2) is 13.6. The van der Waals surface area contributed by atoms with Gasteiger partial charge in [0, 0.05) is 60.7 Å². The minimum absolute atomic E-state index is 0.0108. The predicted molar refractivity (Wildman–Crippen MR) is 194 cm³/mol. The molecule has 0 bridgehead atoms. The quantitative estimate of drug-likeness (QED) is 0.217. The van der Waals surface area contributed by atoms with Crippen molar-refractivity contribution in [2.75, 3.05) is 49.7 Å². The Morgan fingerprint density at radius 3 is 2.71 bits per heavy atom. The smallest absolute Gasteiger partial charge is 0.341 e. The molecule has 52 heavy (non-hydrogen) atoms. The zero-order valence-electron chi connectivity index (χ0n) is 28.8. The molecule has 0 spiro atoms. The normalized spacial score (nSPS) is 20.9. The molecule has 1 aliphatic carbocycles. The SMILES string of the molecule is CCO/N=C1/C(=O)N(CCn2cc(CN3CCC[C@H]4CN(c5c(F)cc6c(=O)c(C(=O)O)cn(C7CC7)c6c5OC)C[C@H]43)nn2)c2ccc(Br)cc21. The fourth-order valence-corrected chi connectivity index (χ4v) is 8.39. The van der Waals surface area contributed by atoms with Crippen LogP contribution in [0.1, 0.15) is 60.3 Å². The maximum absolute atomic E-state index is 16.1. The van der Waals surface area contributed by atoms with E-state index in [0.717, 1.165) is 48.1 Å². The average molecular weight is 778 g/mol. The monoisotopic (exact) mass is 776 g/mol. The van der Waals surface area contributed by atoms with Crippen LogP contribution in [0.2, 0.25) is 0 Å². The highest BCUT2D eigenvalue weighted by atomic mass is 79.9. The number of ether oxygens (including phenoxy) is 1. The molecular formula is C36H38BrFN8O6. The molecule has 5 heterocycles. The van der Waals surface area contributed by atoms with Crippen molar-refractivity contribution in [2.24, 2.45) is 11.1 Å². The highest BCUT2D eigenvalue weighted by Crippen LogP contribution is 2.46. The summed E-state index contributed by atoms with van der Waals surface area (Å²) in [6, 6.07) is 6.97. The first kappa shape index (κ1) is 34.3. The first-order chi connectivity index (χ1) is 25.2. The number of fused-ring (bicyclic) bond motifs is 3. The standard InChI is InChI=1S/C36H38BrFN8O6/c1-3-52-40-30-24-13-21(37)6-9-28(24)45(35(30)48)12-11-44-17-22(39-41-44)16-42-10-4-5-20-15-43(19-29(20)42)32-27(38)14-25-31(34(32)51-2)46(23-7-8-23)18-26(33(25)47)36(49)50/h6,9,13-14,17-18,20,23,29H,3-5,7-8,10-12,15-16,19H2,1-2H3,(H,49,50)/b40-30+/t20-,29+/m0/s1. The van der Waals surface area contributed by atoms with Gasteiger partial charge in [0.1, 0.15) is 17.9 Å². The number of rotatable bonds is 11.